The molecule has 2 aromatic rings. The van der Waals surface area contributed by atoms with E-state index in [4.69, 9.17) is 23.2 Å². The van der Waals surface area contributed by atoms with Crippen molar-refractivity contribution in [2.45, 2.75) is 24.2 Å². The summed E-state index contributed by atoms with van der Waals surface area (Å²) in [5.41, 5.74) is -0.466. The standard InChI is InChI=1S/C20H21Cl2N3O5S/c1-20(2,14-6-7-17(21)18(22)12-14)19(26)23-8-10-24(11-9-23)31(29,30)16-5-3-4-15(13-16)25(27)28/h3-7,12-13H,8-11H2,1-2H3. The van der Waals surface area contributed by atoms with Crippen LogP contribution in [0, 0.1) is 10.1 Å². The molecule has 1 fully saturated rings. The molecular formula is C20H21Cl2N3O5S. The lowest BCUT2D eigenvalue weighted by atomic mass is 9.83. The van der Waals surface area contributed by atoms with Crippen LogP contribution in [0.1, 0.15) is 19.4 Å². The highest BCUT2D eigenvalue weighted by Gasteiger charge is 2.37. The molecule has 0 radical (unpaired) electrons. The van der Waals surface area contributed by atoms with Crippen LogP contribution in [0.25, 0.3) is 0 Å². The molecule has 0 aliphatic carbocycles. The van der Waals surface area contributed by atoms with Crippen LogP contribution in [0.5, 0.6) is 0 Å². The van der Waals surface area contributed by atoms with Gasteiger partial charge in [0.05, 0.1) is 25.3 Å². The Labute approximate surface area is 190 Å². The molecule has 0 atom stereocenters. The number of non-ortho nitro benzene ring substituents is 1. The van der Waals surface area contributed by atoms with Crippen LogP contribution in [0.2, 0.25) is 10.0 Å². The van der Waals surface area contributed by atoms with Gasteiger partial charge in [-0.2, -0.15) is 4.31 Å². The molecule has 1 heterocycles. The minimum Gasteiger partial charge on any atom is -0.339 e. The zero-order valence-corrected chi connectivity index (χ0v) is 19.2. The number of carbonyl (C=O) groups is 1. The summed E-state index contributed by atoms with van der Waals surface area (Å²) >= 11 is 12.1. The number of amides is 1. The predicted molar refractivity (Wildman–Crippen MR) is 118 cm³/mol. The van der Waals surface area contributed by atoms with Crippen LogP contribution in [0.15, 0.2) is 47.4 Å². The maximum absolute atomic E-state index is 13.2. The monoisotopic (exact) mass is 485 g/mol. The first-order chi connectivity index (χ1) is 14.4. The zero-order chi connectivity index (χ0) is 23.0. The van der Waals surface area contributed by atoms with Crippen LogP contribution >= 0.6 is 23.2 Å². The Bertz CT molecular complexity index is 1130. The molecule has 1 saturated heterocycles. The van der Waals surface area contributed by atoms with E-state index >= 15 is 0 Å². The number of halogens is 2. The Morgan fingerprint density at radius 3 is 2.26 bits per heavy atom. The summed E-state index contributed by atoms with van der Waals surface area (Å²) in [6.45, 7) is 4.15. The van der Waals surface area contributed by atoms with E-state index in [1.54, 1.807) is 36.9 Å². The number of hydrogen-bond acceptors (Lipinski definition) is 5. The normalized spacial score (nSPS) is 15.7. The van der Waals surface area contributed by atoms with Crippen molar-refractivity contribution in [3.8, 4) is 0 Å². The number of hydrogen-bond donors (Lipinski definition) is 0. The molecule has 8 nitrogen and oxygen atoms in total. The minimum atomic E-state index is -3.91. The van der Waals surface area contributed by atoms with Crippen LogP contribution in [0.4, 0.5) is 5.69 Å². The van der Waals surface area contributed by atoms with E-state index in [2.05, 4.69) is 0 Å². The van der Waals surface area contributed by atoms with E-state index in [-0.39, 0.29) is 42.7 Å². The molecule has 0 unspecified atom stereocenters. The van der Waals surface area contributed by atoms with Crippen molar-refractivity contribution in [3.63, 3.8) is 0 Å². The molecule has 1 aliphatic rings. The zero-order valence-electron chi connectivity index (χ0n) is 16.9. The molecule has 31 heavy (non-hydrogen) atoms. The molecule has 0 aromatic heterocycles. The molecule has 1 amide bonds. The van der Waals surface area contributed by atoms with Crippen molar-refractivity contribution in [1.29, 1.82) is 0 Å². The SMILES string of the molecule is CC(C)(C(=O)N1CCN(S(=O)(=O)c2cccc([N+](=O)[O-])c2)CC1)c1ccc(Cl)c(Cl)c1. The lowest BCUT2D eigenvalue weighted by molar-refractivity contribution is -0.385. The van der Waals surface area contributed by atoms with Gasteiger partial charge in [-0.1, -0.05) is 35.3 Å². The quantitative estimate of drug-likeness (QED) is 0.474. The number of nitro groups is 1. The van der Waals surface area contributed by atoms with Gasteiger partial charge < -0.3 is 4.90 Å². The molecule has 11 heteroatoms. The second-order valence-electron chi connectivity index (χ2n) is 7.70. The second kappa shape index (κ2) is 8.74. The van der Waals surface area contributed by atoms with E-state index in [9.17, 15) is 23.3 Å². The third-order valence-corrected chi connectivity index (χ3v) is 8.00. The van der Waals surface area contributed by atoms with E-state index < -0.39 is 20.4 Å². The Kier molecular flexibility index (Phi) is 6.61. The van der Waals surface area contributed by atoms with Crippen molar-refractivity contribution < 1.29 is 18.1 Å². The first-order valence-electron chi connectivity index (χ1n) is 9.44. The Morgan fingerprint density at radius 2 is 1.68 bits per heavy atom. The predicted octanol–water partition coefficient (Wildman–Crippen LogP) is 3.71. The fourth-order valence-electron chi connectivity index (χ4n) is 3.44. The van der Waals surface area contributed by atoms with Gasteiger partial charge in [0.15, 0.2) is 0 Å². The van der Waals surface area contributed by atoms with Gasteiger partial charge in [0.1, 0.15) is 0 Å². The maximum atomic E-state index is 13.2. The molecule has 0 bridgehead atoms. The van der Waals surface area contributed by atoms with Crippen molar-refractivity contribution in [1.82, 2.24) is 9.21 Å². The lowest BCUT2D eigenvalue weighted by Gasteiger charge is -2.38. The lowest BCUT2D eigenvalue weighted by Crippen LogP contribution is -2.54. The summed E-state index contributed by atoms with van der Waals surface area (Å²) in [4.78, 5) is 25.0. The minimum absolute atomic E-state index is 0.0915. The Balaban J connectivity index is 1.73. The maximum Gasteiger partial charge on any atom is 0.270 e. The molecule has 3 rings (SSSR count). The van der Waals surface area contributed by atoms with Gasteiger partial charge in [0, 0.05) is 38.3 Å². The summed E-state index contributed by atoms with van der Waals surface area (Å²) in [6.07, 6.45) is 0. The van der Waals surface area contributed by atoms with Gasteiger partial charge in [-0.25, -0.2) is 8.42 Å². The number of piperazine rings is 1. The van der Waals surface area contributed by atoms with E-state index in [0.29, 0.717) is 15.6 Å². The number of carbonyl (C=O) groups excluding carboxylic acids is 1. The Morgan fingerprint density at radius 1 is 1.03 bits per heavy atom. The number of benzene rings is 2. The smallest absolute Gasteiger partial charge is 0.270 e. The number of nitro benzene ring substituents is 1. The average molecular weight is 486 g/mol. The van der Waals surface area contributed by atoms with Crippen molar-refractivity contribution in [2.75, 3.05) is 26.2 Å². The van der Waals surface area contributed by atoms with Crippen molar-refractivity contribution >= 4 is 44.8 Å². The average Bonchev–Trinajstić information content (AvgIpc) is 2.75. The van der Waals surface area contributed by atoms with Gasteiger partial charge in [-0.3, -0.25) is 14.9 Å². The molecule has 0 spiro atoms. The highest BCUT2D eigenvalue weighted by molar-refractivity contribution is 7.89. The third-order valence-electron chi connectivity index (χ3n) is 5.37. The fourth-order valence-corrected chi connectivity index (χ4v) is 5.20. The van der Waals surface area contributed by atoms with Gasteiger partial charge in [0.2, 0.25) is 15.9 Å². The summed E-state index contributed by atoms with van der Waals surface area (Å²) in [5.74, 6) is -0.154. The molecule has 0 saturated carbocycles. The van der Waals surface area contributed by atoms with Crippen LogP contribution in [0.3, 0.4) is 0 Å². The number of nitrogens with zero attached hydrogens (tertiary/aromatic N) is 3. The largest absolute Gasteiger partial charge is 0.339 e. The summed E-state index contributed by atoms with van der Waals surface area (Å²) in [5, 5.41) is 11.7. The van der Waals surface area contributed by atoms with E-state index in [1.165, 1.54) is 22.5 Å². The van der Waals surface area contributed by atoms with Crippen molar-refractivity contribution in [2.24, 2.45) is 0 Å². The highest BCUT2D eigenvalue weighted by Crippen LogP contribution is 2.32. The van der Waals surface area contributed by atoms with Gasteiger partial charge in [-0.15, -0.1) is 0 Å². The molecular weight excluding hydrogens is 465 g/mol. The molecule has 2 aromatic carbocycles. The number of rotatable bonds is 5. The summed E-state index contributed by atoms with van der Waals surface area (Å²) in [7, 11) is -3.91. The first kappa shape index (κ1) is 23.5. The third kappa shape index (κ3) is 4.69. The summed E-state index contributed by atoms with van der Waals surface area (Å²) in [6, 6.07) is 9.98. The van der Waals surface area contributed by atoms with Crippen LogP contribution in [-0.2, 0) is 20.2 Å². The fraction of sp³-hybridized carbons (Fsp3) is 0.350. The Hall–Kier alpha value is -2.20. The first-order valence-corrected chi connectivity index (χ1v) is 11.6. The molecule has 1 aliphatic heterocycles. The van der Waals surface area contributed by atoms with Crippen molar-refractivity contribution in [3.05, 3.63) is 68.2 Å². The van der Waals surface area contributed by atoms with Crippen LogP contribution in [-0.4, -0.2) is 54.6 Å². The highest BCUT2D eigenvalue weighted by atomic mass is 35.5. The number of sulfonamides is 1. The summed E-state index contributed by atoms with van der Waals surface area (Å²) < 4.78 is 27.0. The van der Waals surface area contributed by atoms with Gasteiger partial charge in [0.25, 0.3) is 5.69 Å². The topological polar surface area (TPSA) is 101 Å². The second-order valence-corrected chi connectivity index (χ2v) is 10.5. The van der Waals surface area contributed by atoms with E-state index in [0.717, 1.165) is 6.07 Å². The molecule has 166 valence electrons. The van der Waals surface area contributed by atoms with Crippen LogP contribution < -0.4 is 0 Å². The van der Waals surface area contributed by atoms with E-state index in [1.807, 2.05) is 0 Å². The van der Waals surface area contributed by atoms with Gasteiger partial charge in [-0.05, 0) is 37.6 Å². The molecule has 0 N–H and O–H groups in total. The van der Waals surface area contributed by atoms with Gasteiger partial charge >= 0.3 is 0 Å².